The fourth-order valence-corrected chi connectivity index (χ4v) is 1.66. The molecule has 0 radical (unpaired) electrons. The summed E-state index contributed by atoms with van der Waals surface area (Å²) >= 11 is 0. The molecule has 0 aliphatic heterocycles. The molecule has 0 amide bonds. The Hall–Kier alpha value is -2.25. The normalized spacial score (nSPS) is 10.9. The molecule has 0 spiro atoms. The highest BCUT2D eigenvalue weighted by atomic mass is 19.2. The summed E-state index contributed by atoms with van der Waals surface area (Å²) in [7, 11) is 0. The van der Waals surface area contributed by atoms with E-state index in [-0.39, 0.29) is 0 Å². The van der Waals surface area contributed by atoms with Crippen LogP contribution in [-0.2, 0) is 0 Å². The molecule has 8 heteroatoms. The van der Waals surface area contributed by atoms with Crippen molar-refractivity contribution in [2.75, 3.05) is 5.73 Å². The molecule has 20 heavy (non-hydrogen) atoms. The first kappa shape index (κ1) is 14.2. The van der Waals surface area contributed by atoms with Crippen LogP contribution >= 0.6 is 0 Å². The van der Waals surface area contributed by atoms with Crippen molar-refractivity contribution in [3.8, 4) is 11.1 Å². The zero-order valence-corrected chi connectivity index (χ0v) is 9.38. The molecule has 2 aromatic rings. The summed E-state index contributed by atoms with van der Waals surface area (Å²) in [5, 5.41) is 0. The maximum Gasteiger partial charge on any atom is 0.200 e. The highest BCUT2D eigenvalue weighted by Crippen LogP contribution is 2.35. The molecule has 106 valence electrons. The number of nitrogen functional groups attached to an aromatic ring is 1. The molecule has 0 unspecified atom stereocenters. The van der Waals surface area contributed by atoms with Crippen LogP contribution in [0.5, 0.6) is 0 Å². The Morgan fingerprint density at radius 2 is 0.900 bits per heavy atom. The summed E-state index contributed by atoms with van der Waals surface area (Å²) in [5.41, 5.74) is 1.61. The minimum Gasteiger partial charge on any atom is -0.399 e. The zero-order chi connectivity index (χ0) is 15.2. The van der Waals surface area contributed by atoms with Crippen LogP contribution in [0.2, 0.25) is 0 Å². The highest BCUT2D eigenvalue weighted by molar-refractivity contribution is 5.68. The van der Waals surface area contributed by atoms with Crippen molar-refractivity contribution in [1.29, 1.82) is 0 Å². The van der Waals surface area contributed by atoms with Gasteiger partial charge in [-0.15, -0.1) is 0 Å². The minimum atomic E-state index is -2.42. The predicted molar refractivity (Wildman–Crippen MR) is 56.0 cm³/mol. The second-order valence-corrected chi connectivity index (χ2v) is 3.80. The van der Waals surface area contributed by atoms with Crippen molar-refractivity contribution >= 4 is 5.69 Å². The quantitative estimate of drug-likeness (QED) is 0.367. The lowest BCUT2D eigenvalue weighted by Crippen LogP contribution is -2.06. The van der Waals surface area contributed by atoms with Crippen molar-refractivity contribution in [2.24, 2.45) is 0 Å². The molecule has 0 fully saturated rings. The van der Waals surface area contributed by atoms with Crippen LogP contribution in [0.4, 0.5) is 36.4 Å². The molecule has 2 rings (SSSR count). The van der Waals surface area contributed by atoms with E-state index in [0.717, 1.165) is 0 Å². The third-order valence-corrected chi connectivity index (χ3v) is 2.52. The van der Waals surface area contributed by atoms with Crippen LogP contribution in [0.1, 0.15) is 0 Å². The maximum absolute atomic E-state index is 13.5. The Bertz CT molecular complexity index is 659. The van der Waals surface area contributed by atoms with Gasteiger partial charge < -0.3 is 5.73 Å². The molecular formula is C12H4F7N. The molecule has 0 aliphatic carbocycles. The zero-order valence-electron chi connectivity index (χ0n) is 9.38. The van der Waals surface area contributed by atoms with Crippen molar-refractivity contribution in [2.45, 2.75) is 0 Å². The van der Waals surface area contributed by atoms with E-state index in [0.29, 0.717) is 12.1 Å². The number of anilines is 1. The first-order chi connectivity index (χ1) is 9.25. The van der Waals surface area contributed by atoms with E-state index < -0.39 is 57.5 Å². The summed E-state index contributed by atoms with van der Waals surface area (Å²) in [6.07, 6.45) is 0. The van der Waals surface area contributed by atoms with Crippen LogP contribution < -0.4 is 5.73 Å². The molecule has 0 bridgehead atoms. The van der Waals surface area contributed by atoms with Crippen LogP contribution in [0.25, 0.3) is 11.1 Å². The predicted octanol–water partition coefficient (Wildman–Crippen LogP) is 3.91. The van der Waals surface area contributed by atoms with E-state index in [2.05, 4.69) is 0 Å². The first-order valence-corrected chi connectivity index (χ1v) is 5.02. The lowest BCUT2D eigenvalue weighted by Gasteiger charge is -2.10. The minimum absolute atomic E-state index is 0.410. The fraction of sp³-hybridized carbons (Fsp3) is 0. The van der Waals surface area contributed by atoms with Gasteiger partial charge in [-0.3, -0.25) is 0 Å². The Balaban J connectivity index is 2.91. The second kappa shape index (κ2) is 4.69. The smallest absolute Gasteiger partial charge is 0.200 e. The average molecular weight is 295 g/mol. The van der Waals surface area contributed by atoms with Gasteiger partial charge in [0.25, 0.3) is 0 Å². The second-order valence-electron chi connectivity index (χ2n) is 3.80. The summed E-state index contributed by atoms with van der Waals surface area (Å²) in [5.74, 6) is -14.8. The van der Waals surface area contributed by atoms with Gasteiger partial charge in [0.05, 0.1) is 11.1 Å². The Labute approximate surface area is 107 Å². The van der Waals surface area contributed by atoms with Gasteiger partial charge in [0.2, 0.25) is 5.82 Å². The topological polar surface area (TPSA) is 26.0 Å². The van der Waals surface area contributed by atoms with Gasteiger partial charge >= 0.3 is 0 Å². The molecule has 0 heterocycles. The Morgan fingerprint density at radius 1 is 0.550 bits per heavy atom. The first-order valence-electron chi connectivity index (χ1n) is 5.02. The Kier molecular flexibility index (Phi) is 3.33. The average Bonchev–Trinajstić information content (AvgIpc) is 2.37. The number of hydrogen-bond acceptors (Lipinski definition) is 1. The van der Waals surface area contributed by atoms with Crippen LogP contribution in [0.3, 0.4) is 0 Å². The van der Waals surface area contributed by atoms with Crippen molar-refractivity contribution in [1.82, 2.24) is 0 Å². The van der Waals surface area contributed by atoms with Crippen LogP contribution in [0.15, 0.2) is 12.1 Å². The number of nitrogens with two attached hydrogens (primary N) is 1. The summed E-state index contributed by atoms with van der Waals surface area (Å²) in [6.45, 7) is 0. The van der Waals surface area contributed by atoms with Gasteiger partial charge in [-0.1, -0.05) is 0 Å². The van der Waals surface area contributed by atoms with E-state index in [1.807, 2.05) is 0 Å². The summed E-state index contributed by atoms with van der Waals surface area (Å²) in [6, 6.07) is 0.993. The third-order valence-electron chi connectivity index (χ3n) is 2.52. The van der Waals surface area contributed by atoms with Crippen molar-refractivity contribution < 1.29 is 30.7 Å². The number of hydrogen-bond donors (Lipinski definition) is 1. The molecule has 0 saturated carbocycles. The van der Waals surface area contributed by atoms with E-state index in [1.54, 1.807) is 0 Å². The van der Waals surface area contributed by atoms with Gasteiger partial charge in [0.1, 0.15) is 11.6 Å². The molecule has 0 saturated heterocycles. The largest absolute Gasteiger partial charge is 0.399 e. The lowest BCUT2D eigenvalue weighted by molar-refractivity contribution is 0.380. The van der Waals surface area contributed by atoms with Crippen LogP contribution in [0, 0.1) is 40.7 Å². The molecular weight excluding hydrogens is 291 g/mol. The van der Waals surface area contributed by atoms with Gasteiger partial charge in [-0.25, -0.2) is 30.7 Å². The number of halogens is 7. The SMILES string of the molecule is Nc1cc(F)c(-c2c(F)c(F)c(F)c(F)c2F)c(F)c1. The van der Waals surface area contributed by atoms with E-state index in [4.69, 9.17) is 5.73 Å². The molecule has 2 aromatic carbocycles. The van der Waals surface area contributed by atoms with E-state index >= 15 is 0 Å². The van der Waals surface area contributed by atoms with Gasteiger partial charge in [0.15, 0.2) is 23.3 Å². The lowest BCUT2D eigenvalue weighted by atomic mass is 10.0. The number of rotatable bonds is 1. The van der Waals surface area contributed by atoms with E-state index in [1.165, 1.54) is 0 Å². The fourth-order valence-electron chi connectivity index (χ4n) is 1.66. The van der Waals surface area contributed by atoms with Gasteiger partial charge in [-0.2, -0.15) is 0 Å². The Morgan fingerprint density at radius 3 is 1.30 bits per heavy atom. The van der Waals surface area contributed by atoms with E-state index in [9.17, 15) is 30.7 Å². The van der Waals surface area contributed by atoms with Crippen molar-refractivity contribution in [3.63, 3.8) is 0 Å². The maximum atomic E-state index is 13.5. The van der Waals surface area contributed by atoms with Gasteiger partial charge in [-0.05, 0) is 12.1 Å². The molecule has 0 aliphatic rings. The third kappa shape index (κ3) is 1.97. The number of benzene rings is 2. The molecule has 1 nitrogen and oxygen atoms in total. The summed E-state index contributed by atoms with van der Waals surface area (Å²) < 4.78 is 92.8. The highest BCUT2D eigenvalue weighted by Gasteiger charge is 2.29. The molecule has 0 atom stereocenters. The van der Waals surface area contributed by atoms with Gasteiger partial charge in [0, 0.05) is 5.69 Å². The monoisotopic (exact) mass is 295 g/mol. The standard InChI is InChI=1S/C12H4F7N/c13-4-1-3(20)2-5(14)6(4)7-8(15)10(17)12(19)11(18)9(7)16/h1-2H,20H2. The van der Waals surface area contributed by atoms with Crippen LogP contribution in [-0.4, -0.2) is 0 Å². The molecule has 0 aromatic heterocycles. The van der Waals surface area contributed by atoms with Crippen molar-refractivity contribution in [3.05, 3.63) is 52.9 Å². The summed E-state index contributed by atoms with van der Waals surface area (Å²) in [4.78, 5) is 0. The molecule has 2 N–H and O–H groups in total.